The summed E-state index contributed by atoms with van der Waals surface area (Å²) >= 11 is 0. The lowest BCUT2D eigenvalue weighted by Crippen LogP contribution is -2.63. The molecule has 0 radical (unpaired) electrons. The second-order valence-corrected chi connectivity index (χ2v) is 9.51. The molecule has 200 valence electrons. The predicted molar refractivity (Wildman–Crippen MR) is 150 cm³/mol. The van der Waals surface area contributed by atoms with E-state index < -0.39 is 35.6 Å². The summed E-state index contributed by atoms with van der Waals surface area (Å²) in [7, 11) is 1.55. The summed E-state index contributed by atoms with van der Waals surface area (Å²) in [6, 6.07) is 19.0. The molecule has 1 aliphatic rings. The highest BCUT2D eigenvalue weighted by atomic mass is 35.5. The molecular weight excluding hydrogens is 506 g/mol. The van der Waals surface area contributed by atoms with Crippen LogP contribution in [0.3, 0.4) is 0 Å². The molecule has 9 nitrogen and oxygen atoms in total. The van der Waals surface area contributed by atoms with E-state index in [1.54, 1.807) is 43.1 Å². The van der Waals surface area contributed by atoms with Crippen LogP contribution in [-0.4, -0.2) is 42.8 Å². The molecule has 10 heteroatoms. The van der Waals surface area contributed by atoms with Gasteiger partial charge in [0.2, 0.25) is 23.6 Å². The van der Waals surface area contributed by atoms with E-state index in [-0.39, 0.29) is 31.4 Å². The number of nitrogens with two attached hydrogens (primary N) is 2. The molecule has 4 rings (SSSR count). The van der Waals surface area contributed by atoms with Crippen LogP contribution in [0, 0.1) is 12.8 Å². The monoisotopic (exact) mass is 537 g/mol. The number of rotatable bonds is 7. The van der Waals surface area contributed by atoms with Gasteiger partial charge in [-0.05, 0) is 54.9 Å². The third-order valence-corrected chi connectivity index (χ3v) is 7.34. The first-order valence-corrected chi connectivity index (χ1v) is 12.0. The summed E-state index contributed by atoms with van der Waals surface area (Å²) in [4.78, 5) is 54.8. The maximum Gasteiger partial charge on any atom is 0.238 e. The van der Waals surface area contributed by atoms with E-state index in [4.69, 9.17) is 11.5 Å². The quantitative estimate of drug-likeness (QED) is 0.397. The molecule has 0 bridgehead atoms. The van der Waals surface area contributed by atoms with Crippen molar-refractivity contribution in [2.45, 2.75) is 32.4 Å². The number of para-hydroxylation sites is 2. The summed E-state index contributed by atoms with van der Waals surface area (Å²) in [5.41, 5.74) is 12.5. The van der Waals surface area contributed by atoms with Gasteiger partial charge in [0.25, 0.3) is 0 Å². The molecule has 0 saturated carbocycles. The molecule has 0 spiro atoms. The lowest BCUT2D eigenvalue weighted by atomic mass is 9.83. The fourth-order valence-corrected chi connectivity index (χ4v) is 4.94. The number of anilines is 2. The van der Waals surface area contributed by atoms with Crippen LogP contribution in [0.5, 0.6) is 0 Å². The lowest BCUT2D eigenvalue weighted by Gasteiger charge is -2.36. The third kappa shape index (κ3) is 5.07. The van der Waals surface area contributed by atoms with E-state index in [2.05, 4.69) is 5.32 Å². The van der Waals surface area contributed by atoms with E-state index in [1.807, 2.05) is 43.3 Å². The zero-order chi connectivity index (χ0) is 26.9. The highest BCUT2D eigenvalue weighted by Crippen LogP contribution is 2.39. The van der Waals surface area contributed by atoms with Gasteiger partial charge in [-0.15, -0.1) is 12.4 Å². The Balaban J connectivity index is 0.00000400. The number of likely N-dealkylation sites (N-methyl/N-ethyl adjacent to an activating group) is 1. The Kier molecular flexibility index (Phi) is 8.44. The molecule has 1 unspecified atom stereocenters. The molecule has 5 N–H and O–H groups in total. The summed E-state index contributed by atoms with van der Waals surface area (Å²) in [5.74, 6) is -3.50. The topological polar surface area (TPSA) is 139 Å². The van der Waals surface area contributed by atoms with Gasteiger partial charge in [-0.2, -0.15) is 0 Å². The maximum atomic E-state index is 14.3. The number of carbonyl (C=O) groups excluding carboxylic acids is 4. The Labute approximate surface area is 227 Å². The molecule has 38 heavy (non-hydrogen) atoms. The van der Waals surface area contributed by atoms with E-state index in [0.717, 1.165) is 21.9 Å². The largest absolute Gasteiger partial charge is 0.369 e. The van der Waals surface area contributed by atoms with Gasteiger partial charge in [0.1, 0.15) is 12.0 Å². The summed E-state index contributed by atoms with van der Waals surface area (Å²) in [6.07, 6.45) is -0.537. The molecule has 1 heterocycles. The van der Waals surface area contributed by atoms with Crippen LogP contribution in [0.4, 0.5) is 11.4 Å². The minimum absolute atomic E-state index is 0. The highest BCUT2D eigenvalue weighted by Gasteiger charge is 2.48. The molecule has 4 amide bonds. The van der Waals surface area contributed by atoms with Gasteiger partial charge >= 0.3 is 0 Å². The maximum absolute atomic E-state index is 14.3. The molecule has 3 aromatic rings. The van der Waals surface area contributed by atoms with Gasteiger partial charge in [-0.3, -0.25) is 19.2 Å². The van der Waals surface area contributed by atoms with Gasteiger partial charge in [0.15, 0.2) is 0 Å². The minimum Gasteiger partial charge on any atom is -0.369 e. The first-order chi connectivity index (χ1) is 17.6. The van der Waals surface area contributed by atoms with Gasteiger partial charge in [-0.1, -0.05) is 48.5 Å². The fraction of sp³-hybridized carbons (Fsp3) is 0.286. The van der Waals surface area contributed by atoms with Crippen molar-refractivity contribution < 1.29 is 19.2 Å². The smallest absolute Gasteiger partial charge is 0.238 e. The van der Waals surface area contributed by atoms with Crippen LogP contribution in [0.1, 0.15) is 24.5 Å². The number of benzene rings is 3. The highest BCUT2D eigenvalue weighted by molar-refractivity contribution is 6.11. The van der Waals surface area contributed by atoms with Crippen molar-refractivity contribution in [3.05, 3.63) is 71.8 Å². The normalized spacial score (nSPS) is 16.7. The number of fused-ring (bicyclic) bond motifs is 2. The Hall–Kier alpha value is -3.95. The number of nitrogens with zero attached hydrogens (tertiary/aromatic N) is 2. The number of amides is 4. The summed E-state index contributed by atoms with van der Waals surface area (Å²) < 4.78 is 0. The molecular formula is C28H32ClN5O4. The minimum atomic E-state index is -1.48. The van der Waals surface area contributed by atoms with Gasteiger partial charge < -0.3 is 26.6 Å². The third-order valence-electron chi connectivity index (χ3n) is 7.34. The Morgan fingerprint density at radius 3 is 2.26 bits per heavy atom. The van der Waals surface area contributed by atoms with Crippen LogP contribution in [0.2, 0.25) is 0 Å². The molecule has 0 aliphatic carbocycles. The molecule has 2 atom stereocenters. The fourth-order valence-electron chi connectivity index (χ4n) is 4.94. The van der Waals surface area contributed by atoms with Crippen molar-refractivity contribution >= 4 is 58.2 Å². The number of hydrogen-bond donors (Lipinski definition) is 3. The number of primary amides is 2. The number of halogens is 1. The Morgan fingerprint density at radius 1 is 1.00 bits per heavy atom. The SMILES string of the molecule is CNC(C)(C(N)=O)[C@@H]1CN(C(=O)CC(N)=O)c2ccccc2N(Cc2c(C)ccc3ccccc23)C1=O.Cl. The van der Waals surface area contributed by atoms with Crippen molar-refractivity contribution in [1.82, 2.24) is 5.32 Å². The van der Waals surface area contributed by atoms with Crippen molar-refractivity contribution in [2.75, 3.05) is 23.4 Å². The lowest BCUT2D eigenvalue weighted by molar-refractivity contribution is -0.134. The molecule has 3 aromatic carbocycles. The second kappa shape index (κ2) is 11.2. The number of hydrogen-bond acceptors (Lipinski definition) is 5. The number of carbonyl (C=O) groups is 4. The predicted octanol–water partition coefficient (Wildman–Crippen LogP) is 2.40. The van der Waals surface area contributed by atoms with Crippen molar-refractivity contribution in [3.8, 4) is 0 Å². The van der Waals surface area contributed by atoms with E-state index in [9.17, 15) is 19.2 Å². The molecule has 1 aliphatic heterocycles. The van der Waals surface area contributed by atoms with Gasteiger partial charge in [0.05, 0.1) is 23.8 Å². The second-order valence-electron chi connectivity index (χ2n) is 9.51. The van der Waals surface area contributed by atoms with Crippen LogP contribution < -0.4 is 26.6 Å². The molecule has 0 aromatic heterocycles. The zero-order valence-corrected chi connectivity index (χ0v) is 22.4. The first kappa shape index (κ1) is 28.6. The van der Waals surface area contributed by atoms with Crippen molar-refractivity contribution in [1.29, 1.82) is 0 Å². The zero-order valence-electron chi connectivity index (χ0n) is 21.6. The summed E-state index contributed by atoms with van der Waals surface area (Å²) in [5, 5.41) is 4.94. The van der Waals surface area contributed by atoms with Crippen LogP contribution in [-0.2, 0) is 25.7 Å². The summed E-state index contributed by atoms with van der Waals surface area (Å²) in [6.45, 7) is 3.58. The Morgan fingerprint density at radius 2 is 1.63 bits per heavy atom. The number of nitrogens with one attached hydrogen (secondary N) is 1. The van der Waals surface area contributed by atoms with E-state index in [1.165, 1.54) is 4.90 Å². The standard InChI is InChI=1S/C28H31N5O4.ClH/c1-17-12-13-18-8-4-5-9-19(18)20(17)15-33-23-11-7-6-10-22(23)32(25(35)14-24(29)34)16-21(26(33)36)28(2,31-3)27(30)37;/h4-13,21,31H,14-16H2,1-3H3,(H2,29,34)(H2,30,37);1H/t21-,28?;/m1./s1. The van der Waals surface area contributed by atoms with Crippen LogP contribution >= 0.6 is 12.4 Å². The van der Waals surface area contributed by atoms with Gasteiger partial charge in [-0.25, -0.2) is 0 Å². The first-order valence-electron chi connectivity index (χ1n) is 12.0. The van der Waals surface area contributed by atoms with E-state index >= 15 is 0 Å². The average Bonchev–Trinajstić information content (AvgIpc) is 2.99. The van der Waals surface area contributed by atoms with E-state index in [0.29, 0.717) is 11.4 Å². The molecule has 0 fully saturated rings. The Bertz CT molecular complexity index is 1410. The van der Waals surface area contributed by atoms with Crippen LogP contribution in [0.25, 0.3) is 10.8 Å². The number of aryl methyl sites for hydroxylation is 1. The van der Waals surface area contributed by atoms with Gasteiger partial charge in [0, 0.05) is 6.54 Å². The average molecular weight is 538 g/mol. The molecule has 0 saturated heterocycles. The van der Waals surface area contributed by atoms with Crippen molar-refractivity contribution in [2.24, 2.45) is 17.4 Å². The van der Waals surface area contributed by atoms with Crippen LogP contribution in [0.15, 0.2) is 60.7 Å². The van der Waals surface area contributed by atoms with Crippen molar-refractivity contribution in [3.63, 3.8) is 0 Å².